The molecule has 0 unspecified atom stereocenters. The Balaban J connectivity index is 0.000000207. The molecule has 0 spiro atoms. The van der Waals surface area contributed by atoms with Crippen molar-refractivity contribution in [3.05, 3.63) is 34.2 Å². The second kappa shape index (κ2) is 13.7. The molecule has 1 amide bonds. The van der Waals surface area contributed by atoms with E-state index in [-0.39, 0.29) is 5.52 Å². The highest BCUT2D eigenvalue weighted by atomic mass is 19.4. The maximum Gasteiger partial charge on any atom is 0.416 e. The summed E-state index contributed by atoms with van der Waals surface area (Å²) in [5.41, 5.74) is -0.550. The summed E-state index contributed by atoms with van der Waals surface area (Å²) in [5, 5.41) is 0. The first-order chi connectivity index (χ1) is 17.0. The normalized spacial score (nSPS) is 16.0. The summed E-state index contributed by atoms with van der Waals surface area (Å²) < 4.78 is 38.2. The van der Waals surface area contributed by atoms with Gasteiger partial charge in [0, 0.05) is 32.0 Å². The van der Waals surface area contributed by atoms with E-state index in [0.29, 0.717) is 29.0 Å². The van der Waals surface area contributed by atoms with Crippen molar-refractivity contribution in [3.63, 3.8) is 0 Å². The van der Waals surface area contributed by atoms with Crippen molar-refractivity contribution in [2.75, 3.05) is 13.1 Å². The number of hydrogen-bond donors (Lipinski definition) is 1. The second-order valence-corrected chi connectivity index (χ2v) is 9.76. The number of Topliss-reactive ketones (excluding diaryl/α,β-unsaturated/α-hetero) is 1. The van der Waals surface area contributed by atoms with Gasteiger partial charge >= 0.3 is 11.9 Å². The van der Waals surface area contributed by atoms with Gasteiger partial charge in [-0.25, -0.2) is 4.79 Å². The summed E-state index contributed by atoms with van der Waals surface area (Å²) in [4.78, 5) is 38.0. The minimum Gasteiger partial charge on any atom is -0.342 e. The molecule has 1 heterocycles. The number of benzene rings is 1. The Hall–Kier alpha value is -2.58. The topological polar surface area (TPSA) is 75.2 Å². The van der Waals surface area contributed by atoms with E-state index in [1.165, 1.54) is 36.9 Å². The molecule has 4 rings (SSSR count). The van der Waals surface area contributed by atoms with E-state index in [1.54, 1.807) is 6.92 Å². The number of alkyl halides is 3. The van der Waals surface area contributed by atoms with E-state index in [0.717, 1.165) is 63.7 Å². The zero-order valence-electron chi connectivity index (χ0n) is 21.9. The Morgan fingerprint density at radius 3 is 2.03 bits per heavy atom. The standard InChI is InChI=1S/C13H25NO.C9H7F3N2O.C5H8O/c1-3-10-14(11-4-2)13(15)12-8-6-5-7-9-12;1-14-7-3-2-5(9(10,11)12)4-6(7)13-8(14)15;1-4(6)5-2-3-5/h12H,3-11H2,1-2H3;2-4H,1H3,(H,13,15);5H,2-3H2,1H3. The highest BCUT2D eigenvalue weighted by molar-refractivity contribution is 5.80. The van der Waals surface area contributed by atoms with E-state index in [9.17, 15) is 27.6 Å². The van der Waals surface area contributed by atoms with Gasteiger partial charge in [0.05, 0.1) is 16.6 Å². The van der Waals surface area contributed by atoms with E-state index in [4.69, 9.17) is 0 Å². The lowest BCUT2D eigenvalue weighted by atomic mass is 9.88. The lowest BCUT2D eigenvalue weighted by molar-refractivity contribution is -0.138. The van der Waals surface area contributed by atoms with Gasteiger partial charge in [0.1, 0.15) is 5.78 Å². The predicted molar refractivity (Wildman–Crippen MR) is 136 cm³/mol. The third-order valence-electron chi connectivity index (χ3n) is 6.64. The van der Waals surface area contributed by atoms with Crippen molar-refractivity contribution in [2.24, 2.45) is 18.9 Å². The molecule has 1 aromatic carbocycles. The average molecular weight is 512 g/mol. The number of fused-ring (bicyclic) bond motifs is 1. The van der Waals surface area contributed by atoms with Gasteiger partial charge in [-0.15, -0.1) is 0 Å². The Labute approximate surface area is 211 Å². The van der Waals surface area contributed by atoms with Gasteiger partial charge < -0.3 is 9.88 Å². The lowest BCUT2D eigenvalue weighted by Crippen LogP contribution is -2.38. The molecule has 1 aromatic heterocycles. The van der Waals surface area contributed by atoms with Crippen molar-refractivity contribution in [1.82, 2.24) is 14.5 Å². The number of ketones is 1. The summed E-state index contributed by atoms with van der Waals surface area (Å²) in [6.07, 6.45) is 6.16. The molecule has 1 N–H and O–H groups in total. The van der Waals surface area contributed by atoms with Crippen LogP contribution in [0.15, 0.2) is 23.0 Å². The van der Waals surface area contributed by atoms with E-state index in [1.807, 2.05) is 0 Å². The molecule has 9 heteroatoms. The summed E-state index contributed by atoms with van der Waals surface area (Å²) in [5.74, 6) is 1.61. The second-order valence-electron chi connectivity index (χ2n) is 9.76. The van der Waals surface area contributed by atoms with Gasteiger partial charge in [-0.1, -0.05) is 33.1 Å². The van der Waals surface area contributed by atoms with E-state index < -0.39 is 17.4 Å². The number of aryl methyl sites for hydroxylation is 1. The Bertz CT molecular complexity index is 1040. The van der Waals surface area contributed by atoms with Crippen LogP contribution in [0.1, 0.15) is 84.1 Å². The van der Waals surface area contributed by atoms with Gasteiger partial charge in [0.15, 0.2) is 0 Å². The number of aromatic amines is 1. The van der Waals surface area contributed by atoms with Crippen LogP contribution in [0, 0.1) is 11.8 Å². The third-order valence-corrected chi connectivity index (χ3v) is 6.64. The number of hydrogen-bond acceptors (Lipinski definition) is 3. The zero-order chi connectivity index (χ0) is 26.9. The number of halogens is 3. The monoisotopic (exact) mass is 511 g/mol. The quantitative estimate of drug-likeness (QED) is 0.510. The predicted octanol–water partition coefficient (Wildman–Crippen LogP) is 6.09. The van der Waals surface area contributed by atoms with Crippen LogP contribution in [0.25, 0.3) is 11.0 Å². The van der Waals surface area contributed by atoms with E-state index in [2.05, 4.69) is 23.7 Å². The van der Waals surface area contributed by atoms with Gasteiger partial charge in [-0.05, 0) is 63.6 Å². The minimum absolute atomic E-state index is 0.192. The molecule has 0 radical (unpaired) electrons. The third kappa shape index (κ3) is 8.82. The Kier molecular flexibility index (Phi) is 11.2. The fourth-order valence-electron chi connectivity index (χ4n) is 4.38. The van der Waals surface area contributed by atoms with Gasteiger partial charge in [0.25, 0.3) is 0 Å². The van der Waals surface area contributed by atoms with Gasteiger partial charge in [-0.3, -0.25) is 14.2 Å². The van der Waals surface area contributed by atoms with Crippen LogP contribution in [-0.4, -0.2) is 39.2 Å². The van der Waals surface area contributed by atoms with Crippen molar-refractivity contribution in [1.29, 1.82) is 0 Å². The fraction of sp³-hybridized carbons (Fsp3) is 0.667. The number of amides is 1. The molecular formula is C27H40F3N3O3. The largest absolute Gasteiger partial charge is 0.416 e. The maximum atomic E-state index is 12.3. The molecule has 0 saturated heterocycles. The molecule has 2 fully saturated rings. The number of nitrogens with zero attached hydrogens (tertiary/aromatic N) is 2. The minimum atomic E-state index is -4.39. The summed E-state index contributed by atoms with van der Waals surface area (Å²) in [6.45, 7) is 7.86. The average Bonchev–Trinajstić information content (AvgIpc) is 3.66. The van der Waals surface area contributed by atoms with Crippen molar-refractivity contribution in [3.8, 4) is 0 Å². The van der Waals surface area contributed by atoms with Crippen molar-refractivity contribution < 1.29 is 22.8 Å². The Morgan fingerprint density at radius 1 is 1.00 bits per heavy atom. The number of carbonyl (C=O) groups is 2. The van der Waals surface area contributed by atoms with Crippen LogP contribution in [0.3, 0.4) is 0 Å². The first-order valence-electron chi connectivity index (χ1n) is 13.0. The molecule has 202 valence electrons. The molecule has 6 nitrogen and oxygen atoms in total. The molecule has 0 atom stereocenters. The van der Waals surface area contributed by atoms with Gasteiger partial charge in [-0.2, -0.15) is 13.2 Å². The number of aromatic nitrogens is 2. The molecule has 2 aromatic rings. The number of imidazole rings is 1. The Morgan fingerprint density at radius 2 is 1.58 bits per heavy atom. The molecular weight excluding hydrogens is 471 g/mol. The molecule has 36 heavy (non-hydrogen) atoms. The number of carbonyl (C=O) groups excluding carboxylic acids is 2. The lowest BCUT2D eigenvalue weighted by Gasteiger charge is -2.28. The zero-order valence-corrected chi connectivity index (χ0v) is 21.9. The van der Waals surface area contributed by atoms with Crippen LogP contribution >= 0.6 is 0 Å². The molecule has 2 aliphatic rings. The summed E-state index contributed by atoms with van der Waals surface area (Å²) in [6, 6.07) is 3.16. The van der Waals surface area contributed by atoms with Crippen molar-refractivity contribution >= 4 is 22.7 Å². The number of nitrogens with one attached hydrogen (secondary N) is 1. The van der Waals surface area contributed by atoms with Crippen LogP contribution in [0.5, 0.6) is 0 Å². The van der Waals surface area contributed by atoms with Gasteiger partial charge in [0.2, 0.25) is 5.91 Å². The number of rotatable bonds is 6. The summed E-state index contributed by atoms with van der Waals surface area (Å²) >= 11 is 0. The van der Waals surface area contributed by atoms with Crippen LogP contribution in [-0.2, 0) is 22.8 Å². The van der Waals surface area contributed by atoms with Crippen molar-refractivity contribution in [2.45, 2.75) is 84.7 Å². The first-order valence-corrected chi connectivity index (χ1v) is 13.0. The highest BCUT2D eigenvalue weighted by Gasteiger charge is 2.31. The SMILES string of the molecule is CC(=O)C1CC1.CCCN(CCC)C(=O)C1CCCCC1.Cn1c(=O)[nH]c2cc(C(F)(F)F)ccc21. The van der Waals surface area contributed by atoms with Crippen LogP contribution < -0.4 is 5.69 Å². The fourth-order valence-corrected chi connectivity index (χ4v) is 4.38. The van der Waals surface area contributed by atoms with Crippen LogP contribution in [0.4, 0.5) is 13.2 Å². The first kappa shape index (κ1) is 29.6. The molecule has 0 aliphatic heterocycles. The molecule has 0 bridgehead atoms. The number of H-pyrrole nitrogens is 1. The maximum absolute atomic E-state index is 12.3. The highest BCUT2D eigenvalue weighted by Crippen LogP contribution is 2.31. The molecule has 2 aliphatic carbocycles. The van der Waals surface area contributed by atoms with Crippen LogP contribution in [0.2, 0.25) is 0 Å². The summed E-state index contributed by atoms with van der Waals surface area (Å²) in [7, 11) is 1.49. The van der Waals surface area contributed by atoms with E-state index >= 15 is 0 Å². The molecule has 2 saturated carbocycles. The smallest absolute Gasteiger partial charge is 0.342 e.